The standard InChI is InChI=1S/C11H16BrNO/c1-8(14)7-13-9(2)10-3-5-11(12)6-4-10/h3-6,8-9,13-14H,7H2,1-2H3/t8?,9-/m0/s1. The summed E-state index contributed by atoms with van der Waals surface area (Å²) in [5, 5.41) is 12.4. The average molecular weight is 258 g/mol. The summed E-state index contributed by atoms with van der Waals surface area (Å²) in [6.45, 7) is 4.49. The van der Waals surface area contributed by atoms with E-state index in [2.05, 4.69) is 40.3 Å². The van der Waals surface area contributed by atoms with Crippen molar-refractivity contribution in [1.82, 2.24) is 5.32 Å². The van der Waals surface area contributed by atoms with Gasteiger partial charge in [0.05, 0.1) is 6.10 Å². The van der Waals surface area contributed by atoms with E-state index in [1.54, 1.807) is 6.92 Å². The molecule has 2 atom stereocenters. The Morgan fingerprint density at radius 2 is 1.86 bits per heavy atom. The highest BCUT2D eigenvalue weighted by atomic mass is 79.9. The SMILES string of the molecule is CC(O)CN[C@@H](C)c1ccc(Br)cc1. The van der Waals surface area contributed by atoms with Crippen molar-refractivity contribution in [2.24, 2.45) is 0 Å². The van der Waals surface area contributed by atoms with Crippen molar-refractivity contribution in [3.63, 3.8) is 0 Å². The molecule has 0 aliphatic heterocycles. The van der Waals surface area contributed by atoms with Crippen molar-refractivity contribution in [1.29, 1.82) is 0 Å². The lowest BCUT2D eigenvalue weighted by molar-refractivity contribution is 0.187. The van der Waals surface area contributed by atoms with Crippen LogP contribution in [0.5, 0.6) is 0 Å². The number of aliphatic hydroxyl groups excluding tert-OH is 1. The number of hydrogen-bond acceptors (Lipinski definition) is 2. The zero-order chi connectivity index (χ0) is 10.6. The van der Waals surface area contributed by atoms with Gasteiger partial charge < -0.3 is 10.4 Å². The van der Waals surface area contributed by atoms with E-state index in [-0.39, 0.29) is 12.1 Å². The first kappa shape index (κ1) is 11.7. The van der Waals surface area contributed by atoms with Gasteiger partial charge in [0.2, 0.25) is 0 Å². The minimum atomic E-state index is -0.298. The summed E-state index contributed by atoms with van der Waals surface area (Å²) in [5.74, 6) is 0. The van der Waals surface area contributed by atoms with Crippen LogP contribution in [0.1, 0.15) is 25.5 Å². The van der Waals surface area contributed by atoms with Crippen LogP contribution < -0.4 is 5.32 Å². The maximum atomic E-state index is 9.12. The van der Waals surface area contributed by atoms with E-state index in [1.807, 2.05) is 12.1 Å². The van der Waals surface area contributed by atoms with Gasteiger partial charge in [-0.15, -0.1) is 0 Å². The Morgan fingerprint density at radius 1 is 1.29 bits per heavy atom. The van der Waals surface area contributed by atoms with Crippen molar-refractivity contribution in [3.8, 4) is 0 Å². The first-order chi connectivity index (χ1) is 6.59. The van der Waals surface area contributed by atoms with Crippen LogP contribution in [-0.4, -0.2) is 17.8 Å². The molecule has 0 aromatic heterocycles. The molecule has 1 aromatic carbocycles. The van der Waals surface area contributed by atoms with Gasteiger partial charge in [-0.05, 0) is 31.5 Å². The molecule has 1 aromatic rings. The normalized spacial score (nSPS) is 15.1. The second-order valence-corrected chi connectivity index (χ2v) is 4.45. The summed E-state index contributed by atoms with van der Waals surface area (Å²) in [4.78, 5) is 0. The average Bonchev–Trinajstić information content (AvgIpc) is 2.15. The minimum Gasteiger partial charge on any atom is -0.392 e. The largest absolute Gasteiger partial charge is 0.392 e. The lowest BCUT2D eigenvalue weighted by atomic mass is 10.1. The van der Waals surface area contributed by atoms with Gasteiger partial charge in [0.1, 0.15) is 0 Å². The van der Waals surface area contributed by atoms with Gasteiger partial charge in [-0.1, -0.05) is 28.1 Å². The number of nitrogens with one attached hydrogen (secondary N) is 1. The lowest BCUT2D eigenvalue weighted by Crippen LogP contribution is -2.27. The molecule has 0 aliphatic rings. The number of benzene rings is 1. The minimum absolute atomic E-state index is 0.276. The lowest BCUT2D eigenvalue weighted by Gasteiger charge is -2.15. The van der Waals surface area contributed by atoms with Crippen LogP contribution in [0.4, 0.5) is 0 Å². The Bertz CT molecular complexity index is 271. The van der Waals surface area contributed by atoms with E-state index in [4.69, 9.17) is 5.11 Å². The summed E-state index contributed by atoms with van der Waals surface area (Å²) in [7, 11) is 0. The van der Waals surface area contributed by atoms with E-state index in [0.717, 1.165) is 4.47 Å². The van der Waals surface area contributed by atoms with E-state index < -0.39 is 0 Å². The number of rotatable bonds is 4. The Kier molecular flexibility index (Phi) is 4.58. The molecule has 0 fully saturated rings. The third-order valence-corrected chi connectivity index (χ3v) is 2.62. The summed E-state index contributed by atoms with van der Waals surface area (Å²) in [6, 6.07) is 8.47. The van der Waals surface area contributed by atoms with Crippen molar-refractivity contribution in [2.45, 2.75) is 26.0 Å². The number of aliphatic hydroxyl groups is 1. The van der Waals surface area contributed by atoms with E-state index in [1.165, 1.54) is 5.56 Å². The van der Waals surface area contributed by atoms with Crippen molar-refractivity contribution in [2.75, 3.05) is 6.54 Å². The molecular weight excluding hydrogens is 242 g/mol. The highest BCUT2D eigenvalue weighted by Gasteiger charge is 2.05. The number of halogens is 1. The maximum Gasteiger partial charge on any atom is 0.0636 e. The molecule has 3 heteroatoms. The van der Waals surface area contributed by atoms with Gasteiger partial charge in [-0.3, -0.25) is 0 Å². The molecule has 0 amide bonds. The Hall–Kier alpha value is -0.380. The van der Waals surface area contributed by atoms with Crippen molar-refractivity contribution in [3.05, 3.63) is 34.3 Å². The van der Waals surface area contributed by atoms with Gasteiger partial charge in [0.25, 0.3) is 0 Å². The molecule has 1 unspecified atom stereocenters. The molecule has 0 saturated heterocycles. The quantitative estimate of drug-likeness (QED) is 0.869. The molecule has 0 saturated carbocycles. The first-order valence-corrected chi connectivity index (χ1v) is 5.56. The maximum absolute atomic E-state index is 9.12. The van der Waals surface area contributed by atoms with Crippen LogP contribution in [0.15, 0.2) is 28.7 Å². The summed E-state index contributed by atoms with van der Waals surface area (Å²) in [5.41, 5.74) is 1.23. The van der Waals surface area contributed by atoms with E-state index >= 15 is 0 Å². The molecule has 0 spiro atoms. The van der Waals surface area contributed by atoms with Gasteiger partial charge in [-0.25, -0.2) is 0 Å². The summed E-state index contributed by atoms with van der Waals surface area (Å²) >= 11 is 3.40. The van der Waals surface area contributed by atoms with Gasteiger partial charge in [0, 0.05) is 17.1 Å². The zero-order valence-corrected chi connectivity index (χ0v) is 10.1. The Labute approximate surface area is 93.5 Å². The molecule has 2 N–H and O–H groups in total. The van der Waals surface area contributed by atoms with Gasteiger partial charge in [-0.2, -0.15) is 0 Å². The van der Waals surface area contributed by atoms with Gasteiger partial charge >= 0.3 is 0 Å². The molecule has 0 radical (unpaired) electrons. The topological polar surface area (TPSA) is 32.3 Å². The van der Waals surface area contributed by atoms with Crippen molar-refractivity contribution < 1.29 is 5.11 Å². The smallest absolute Gasteiger partial charge is 0.0636 e. The van der Waals surface area contributed by atoms with Crippen molar-refractivity contribution >= 4 is 15.9 Å². The van der Waals surface area contributed by atoms with E-state index in [0.29, 0.717) is 6.54 Å². The molecule has 78 valence electrons. The van der Waals surface area contributed by atoms with Gasteiger partial charge in [0.15, 0.2) is 0 Å². The van der Waals surface area contributed by atoms with Crippen LogP contribution in [0.3, 0.4) is 0 Å². The van der Waals surface area contributed by atoms with Crippen LogP contribution in [0.25, 0.3) is 0 Å². The molecule has 14 heavy (non-hydrogen) atoms. The van der Waals surface area contributed by atoms with Crippen LogP contribution >= 0.6 is 15.9 Å². The third-order valence-electron chi connectivity index (χ3n) is 2.09. The fourth-order valence-electron chi connectivity index (χ4n) is 1.22. The van der Waals surface area contributed by atoms with Crippen LogP contribution in [0.2, 0.25) is 0 Å². The highest BCUT2D eigenvalue weighted by molar-refractivity contribution is 9.10. The second-order valence-electron chi connectivity index (χ2n) is 3.53. The Balaban J connectivity index is 2.52. The Morgan fingerprint density at radius 3 is 2.36 bits per heavy atom. The summed E-state index contributed by atoms with van der Waals surface area (Å²) < 4.78 is 1.09. The zero-order valence-electron chi connectivity index (χ0n) is 8.50. The second kappa shape index (κ2) is 5.49. The molecular formula is C11H16BrNO. The molecule has 2 nitrogen and oxygen atoms in total. The summed E-state index contributed by atoms with van der Waals surface area (Å²) in [6.07, 6.45) is -0.298. The fraction of sp³-hybridized carbons (Fsp3) is 0.455. The highest BCUT2D eigenvalue weighted by Crippen LogP contribution is 2.16. The first-order valence-electron chi connectivity index (χ1n) is 4.76. The third kappa shape index (κ3) is 3.78. The van der Waals surface area contributed by atoms with E-state index in [9.17, 15) is 0 Å². The molecule has 1 rings (SSSR count). The monoisotopic (exact) mass is 257 g/mol. The number of hydrogen-bond donors (Lipinski definition) is 2. The fourth-order valence-corrected chi connectivity index (χ4v) is 1.48. The van der Waals surface area contributed by atoms with Crippen LogP contribution in [-0.2, 0) is 0 Å². The predicted octanol–water partition coefficient (Wildman–Crippen LogP) is 2.48. The molecule has 0 aliphatic carbocycles. The molecule has 0 bridgehead atoms. The predicted molar refractivity (Wildman–Crippen MR) is 62.2 cm³/mol. The molecule has 0 heterocycles. The van der Waals surface area contributed by atoms with Crippen LogP contribution in [0, 0.1) is 0 Å².